The van der Waals surface area contributed by atoms with Crippen molar-refractivity contribution in [2.24, 2.45) is 0 Å². The molecule has 72 valence electrons. The lowest BCUT2D eigenvalue weighted by Crippen LogP contribution is -2.27. The Morgan fingerprint density at radius 1 is 1.62 bits per heavy atom. The Hall–Kier alpha value is -1.42. The van der Waals surface area contributed by atoms with E-state index in [0.29, 0.717) is 0 Å². The summed E-state index contributed by atoms with van der Waals surface area (Å²) in [4.78, 5) is 12.4. The Kier molecular flexibility index (Phi) is 4.69. The highest BCUT2D eigenvalue weighted by Gasteiger charge is 2.12. The van der Waals surface area contributed by atoms with Gasteiger partial charge in [-0.2, -0.15) is 0 Å². The smallest absolute Gasteiger partial charge is 0.257 e. The highest BCUT2D eigenvalue weighted by atomic mass is 19.1. The maximum Gasteiger partial charge on any atom is 0.257 e. The first-order chi connectivity index (χ1) is 6.04. The van der Waals surface area contributed by atoms with E-state index < -0.39 is 5.91 Å². The first-order valence-electron chi connectivity index (χ1n) is 3.57. The number of carbonyl (C=O) groups is 1. The minimum atomic E-state index is -0.493. The molecule has 4 heteroatoms. The average Bonchev–Trinajstić information content (AvgIpc) is 2.14. The van der Waals surface area contributed by atoms with Gasteiger partial charge in [-0.25, -0.2) is 4.39 Å². The molecule has 0 unspecified atom stereocenters. The molecule has 0 spiro atoms. The van der Waals surface area contributed by atoms with Gasteiger partial charge in [0, 0.05) is 18.3 Å². The summed E-state index contributed by atoms with van der Waals surface area (Å²) in [5.74, 6) is -0.493. The zero-order valence-corrected chi connectivity index (χ0v) is 7.46. The number of aliphatic hydroxyl groups is 1. The summed E-state index contributed by atoms with van der Waals surface area (Å²) in [7, 11) is 1.43. The van der Waals surface area contributed by atoms with E-state index in [1.165, 1.54) is 7.05 Å². The summed E-state index contributed by atoms with van der Waals surface area (Å²) in [6, 6.07) is 0. The molecule has 0 atom stereocenters. The summed E-state index contributed by atoms with van der Waals surface area (Å²) in [6.45, 7) is 6.45. The fourth-order valence-electron chi connectivity index (χ4n) is 0.612. The summed E-state index contributed by atoms with van der Waals surface area (Å²) in [5.41, 5.74) is 0.234. The largest absolute Gasteiger partial charge is 0.390 e. The van der Waals surface area contributed by atoms with E-state index >= 15 is 0 Å². The zero-order valence-electron chi connectivity index (χ0n) is 7.46. The molecular formula is C9H12FNO2. The van der Waals surface area contributed by atoms with Gasteiger partial charge >= 0.3 is 0 Å². The van der Waals surface area contributed by atoms with Gasteiger partial charge in [0.05, 0.1) is 12.9 Å². The van der Waals surface area contributed by atoms with Crippen molar-refractivity contribution in [3.8, 4) is 0 Å². The Bertz CT molecular complexity index is 258. The normalized spacial score (nSPS) is 10.1. The highest BCUT2D eigenvalue weighted by molar-refractivity contribution is 5.96. The zero-order chi connectivity index (χ0) is 10.4. The molecule has 0 heterocycles. The van der Waals surface area contributed by atoms with Crippen LogP contribution in [-0.4, -0.2) is 29.6 Å². The van der Waals surface area contributed by atoms with Crippen LogP contribution in [0.15, 0.2) is 36.8 Å². The number of hydrogen-bond acceptors (Lipinski definition) is 2. The van der Waals surface area contributed by atoms with Crippen molar-refractivity contribution in [1.82, 2.24) is 4.90 Å². The summed E-state index contributed by atoms with van der Waals surface area (Å²) in [6.07, 6.45) is 1.18. The molecule has 0 radical (unpaired) electrons. The van der Waals surface area contributed by atoms with Gasteiger partial charge in [-0.15, -0.1) is 0 Å². The van der Waals surface area contributed by atoms with Crippen molar-refractivity contribution in [2.75, 3.05) is 13.7 Å². The fourth-order valence-corrected chi connectivity index (χ4v) is 0.612. The molecule has 0 saturated carbocycles. The number of aliphatic hydroxyl groups excluding tert-OH is 1. The van der Waals surface area contributed by atoms with Gasteiger partial charge in [-0.3, -0.25) is 4.79 Å². The van der Waals surface area contributed by atoms with E-state index in [4.69, 9.17) is 5.11 Å². The average molecular weight is 185 g/mol. The second kappa shape index (κ2) is 5.27. The fraction of sp³-hybridized carbons (Fsp3) is 0.222. The first kappa shape index (κ1) is 11.6. The molecular weight excluding hydrogens is 173 g/mol. The molecule has 0 aliphatic heterocycles. The Balaban J connectivity index is 4.43. The van der Waals surface area contributed by atoms with Crippen molar-refractivity contribution in [3.63, 3.8) is 0 Å². The van der Waals surface area contributed by atoms with E-state index in [0.717, 1.165) is 11.0 Å². The van der Waals surface area contributed by atoms with Gasteiger partial charge in [0.1, 0.15) is 0 Å². The number of carbonyl (C=O) groups excluding carboxylic acids is 1. The Morgan fingerprint density at radius 3 is 2.54 bits per heavy atom. The third-order valence-electron chi connectivity index (χ3n) is 1.50. The quantitative estimate of drug-likeness (QED) is 0.524. The minimum Gasteiger partial charge on any atom is -0.390 e. The van der Waals surface area contributed by atoms with Crippen molar-refractivity contribution in [3.05, 3.63) is 36.8 Å². The van der Waals surface area contributed by atoms with Crippen LogP contribution in [0, 0.1) is 0 Å². The summed E-state index contributed by atoms with van der Waals surface area (Å²) < 4.78 is 11.7. The molecule has 0 aliphatic rings. The second-order valence-electron chi connectivity index (χ2n) is 2.41. The lowest BCUT2D eigenvalue weighted by molar-refractivity contribution is -0.124. The van der Waals surface area contributed by atoms with Crippen LogP contribution in [0.2, 0.25) is 0 Å². The van der Waals surface area contributed by atoms with Crippen LogP contribution in [0.1, 0.15) is 0 Å². The topological polar surface area (TPSA) is 40.5 Å². The molecule has 0 fully saturated rings. The molecule has 0 rings (SSSR count). The lowest BCUT2D eigenvalue weighted by Gasteiger charge is -2.17. The van der Waals surface area contributed by atoms with E-state index in [1.807, 2.05) is 0 Å². The van der Waals surface area contributed by atoms with E-state index in [2.05, 4.69) is 13.2 Å². The third-order valence-corrected chi connectivity index (χ3v) is 1.50. The predicted molar refractivity (Wildman–Crippen MR) is 48.4 cm³/mol. The van der Waals surface area contributed by atoms with Crippen molar-refractivity contribution >= 4 is 5.91 Å². The van der Waals surface area contributed by atoms with Gasteiger partial charge in [-0.1, -0.05) is 13.2 Å². The van der Waals surface area contributed by atoms with Crippen molar-refractivity contribution in [2.45, 2.75) is 0 Å². The number of likely N-dealkylation sites (N-methyl/N-ethyl adjacent to an activating group) is 1. The number of rotatable bonds is 4. The number of nitrogens with zero attached hydrogens (tertiary/aromatic N) is 1. The molecule has 0 aromatic carbocycles. The molecule has 0 bridgehead atoms. The maximum atomic E-state index is 11.7. The van der Waals surface area contributed by atoms with Crippen LogP contribution in [0.3, 0.4) is 0 Å². The predicted octanol–water partition coefficient (Wildman–Crippen LogP) is 0.990. The summed E-state index contributed by atoms with van der Waals surface area (Å²) in [5, 5.41) is 8.65. The molecule has 13 heavy (non-hydrogen) atoms. The van der Waals surface area contributed by atoms with E-state index in [-0.39, 0.29) is 24.2 Å². The van der Waals surface area contributed by atoms with Gasteiger partial charge in [0.2, 0.25) is 0 Å². The molecule has 0 aromatic heterocycles. The van der Waals surface area contributed by atoms with Crippen LogP contribution in [-0.2, 0) is 4.79 Å². The minimum absolute atomic E-state index is 0.000370. The number of hydrogen-bond donors (Lipinski definition) is 1. The van der Waals surface area contributed by atoms with Crippen LogP contribution >= 0.6 is 0 Å². The van der Waals surface area contributed by atoms with E-state index in [1.54, 1.807) is 0 Å². The monoisotopic (exact) mass is 185 g/mol. The number of amides is 1. The molecule has 1 amide bonds. The molecule has 0 saturated heterocycles. The van der Waals surface area contributed by atoms with Gasteiger partial charge in [0.15, 0.2) is 0 Å². The maximum absolute atomic E-state index is 11.7. The molecule has 0 aromatic rings. The highest BCUT2D eigenvalue weighted by Crippen LogP contribution is 2.04. The molecule has 1 N–H and O–H groups in total. The standard InChI is InChI=1S/C9H12FNO2/c1-7(4-5-10)9(13)11(3)8(2)6-12/h4-5,12H,1-2,6H2,3H3/b5-4+. The van der Waals surface area contributed by atoms with Crippen LogP contribution in [0.5, 0.6) is 0 Å². The van der Waals surface area contributed by atoms with Crippen LogP contribution < -0.4 is 0 Å². The van der Waals surface area contributed by atoms with Crippen LogP contribution in [0.25, 0.3) is 0 Å². The van der Waals surface area contributed by atoms with Crippen molar-refractivity contribution in [1.29, 1.82) is 0 Å². The van der Waals surface area contributed by atoms with E-state index in [9.17, 15) is 9.18 Å². The van der Waals surface area contributed by atoms with Crippen LogP contribution in [0.4, 0.5) is 4.39 Å². The first-order valence-corrected chi connectivity index (χ1v) is 3.57. The molecule has 0 aliphatic carbocycles. The summed E-state index contributed by atoms with van der Waals surface area (Å²) >= 11 is 0. The number of halogens is 1. The SMILES string of the molecule is C=C(/C=C/F)C(=O)N(C)C(=C)CO. The Labute approximate surface area is 76.5 Å². The van der Waals surface area contributed by atoms with Gasteiger partial charge in [0.25, 0.3) is 5.91 Å². The van der Waals surface area contributed by atoms with Gasteiger partial charge < -0.3 is 10.0 Å². The van der Waals surface area contributed by atoms with Crippen molar-refractivity contribution < 1.29 is 14.3 Å². The second-order valence-corrected chi connectivity index (χ2v) is 2.41. The van der Waals surface area contributed by atoms with Gasteiger partial charge in [-0.05, 0) is 6.08 Å². The third kappa shape index (κ3) is 3.21. The lowest BCUT2D eigenvalue weighted by atomic mass is 10.2. The Morgan fingerprint density at radius 2 is 2.15 bits per heavy atom. The molecule has 3 nitrogen and oxygen atoms in total.